The van der Waals surface area contributed by atoms with Crippen LogP contribution in [0, 0.1) is 6.92 Å². The van der Waals surface area contributed by atoms with Gasteiger partial charge in [0.15, 0.2) is 0 Å². The van der Waals surface area contributed by atoms with Crippen LogP contribution in [-0.2, 0) is 24.1 Å². The van der Waals surface area contributed by atoms with Gasteiger partial charge in [0, 0.05) is 42.8 Å². The van der Waals surface area contributed by atoms with E-state index in [4.69, 9.17) is 4.42 Å². The molecule has 5 rings (SSSR count). The number of benzene rings is 1. The minimum Gasteiger partial charge on any atom is -0.422 e. The van der Waals surface area contributed by atoms with Crippen LogP contribution in [0.25, 0.3) is 11.0 Å². The lowest BCUT2D eigenvalue weighted by atomic mass is 9.88. The van der Waals surface area contributed by atoms with E-state index in [1.165, 1.54) is 16.8 Å². The molecule has 3 aliphatic rings. The van der Waals surface area contributed by atoms with E-state index in [0.29, 0.717) is 31.5 Å². The van der Waals surface area contributed by atoms with E-state index in [2.05, 4.69) is 11.0 Å². The van der Waals surface area contributed by atoms with Gasteiger partial charge < -0.3 is 19.3 Å². The normalized spacial score (nSPS) is 19.5. The zero-order valence-electron chi connectivity index (χ0n) is 17.0. The molecular formula is C23H28N2O4. The number of fused-ring (bicyclic) bond motifs is 2. The van der Waals surface area contributed by atoms with Crippen molar-refractivity contribution in [2.45, 2.75) is 58.0 Å². The molecule has 1 saturated heterocycles. The minimum atomic E-state index is -0.385. The second-order valence-electron chi connectivity index (χ2n) is 8.72. The number of anilines is 1. The van der Waals surface area contributed by atoms with Crippen LogP contribution >= 0.6 is 0 Å². The van der Waals surface area contributed by atoms with Crippen LogP contribution in [0.2, 0.25) is 0 Å². The van der Waals surface area contributed by atoms with Crippen LogP contribution in [0.5, 0.6) is 0 Å². The van der Waals surface area contributed by atoms with Crippen molar-refractivity contribution in [1.82, 2.24) is 4.90 Å². The Balaban J connectivity index is 1.55. The van der Waals surface area contributed by atoms with Gasteiger partial charge in [-0.05, 0) is 62.6 Å². The van der Waals surface area contributed by atoms with Crippen LogP contribution in [0.3, 0.4) is 0 Å². The fourth-order valence-electron chi connectivity index (χ4n) is 5.28. The first kappa shape index (κ1) is 18.7. The summed E-state index contributed by atoms with van der Waals surface area (Å²) >= 11 is 0. The van der Waals surface area contributed by atoms with Gasteiger partial charge >= 0.3 is 5.63 Å². The lowest BCUT2D eigenvalue weighted by molar-refractivity contribution is -0.132. The van der Waals surface area contributed by atoms with Gasteiger partial charge in [-0.3, -0.25) is 4.79 Å². The predicted molar refractivity (Wildman–Crippen MR) is 112 cm³/mol. The molecule has 6 nitrogen and oxygen atoms in total. The summed E-state index contributed by atoms with van der Waals surface area (Å²) in [6, 6.07) is 2.19. The maximum atomic E-state index is 12.9. The van der Waals surface area contributed by atoms with Gasteiger partial charge in [-0.25, -0.2) is 4.79 Å². The molecule has 1 aromatic carbocycles. The highest BCUT2D eigenvalue weighted by atomic mass is 16.4. The highest BCUT2D eigenvalue weighted by Crippen LogP contribution is 2.40. The Morgan fingerprint density at radius 3 is 2.66 bits per heavy atom. The van der Waals surface area contributed by atoms with Crippen LogP contribution in [0.15, 0.2) is 15.3 Å². The number of aliphatic hydroxyl groups excluding tert-OH is 1. The Morgan fingerprint density at radius 2 is 1.90 bits per heavy atom. The minimum absolute atomic E-state index is 0.0582. The standard InChI is InChI=1S/C23H28N2O4/c1-14-18-12-15-4-2-8-25-9-3-5-17(21(15)25)22(18)29-23(28)19(14)13-20(27)24-10-6-16(26)7-11-24/h12,16,26H,2-11,13H2,1H3. The Kier molecular flexibility index (Phi) is 4.62. The number of rotatable bonds is 2. The summed E-state index contributed by atoms with van der Waals surface area (Å²) in [4.78, 5) is 29.8. The molecular weight excluding hydrogens is 368 g/mol. The molecule has 29 heavy (non-hydrogen) atoms. The molecule has 2 aromatic rings. The van der Waals surface area contributed by atoms with Crippen molar-refractivity contribution in [2.75, 3.05) is 31.1 Å². The zero-order chi connectivity index (χ0) is 20.1. The fraction of sp³-hybridized carbons (Fsp3) is 0.565. The maximum absolute atomic E-state index is 12.9. The van der Waals surface area contributed by atoms with Crippen LogP contribution < -0.4 is 10.5 Å². The van der Waals surface area contributed by atoms with Gasteiger partial charge in [-0.1, -0.05) is 0 Å². The van der Waals surface area contributed by atoms with E-state index in [1.54, 1.807) is 4.90 Å². The molecule has 0 radical (unpaired) electrons. The highest BCUT2D eigenvalue weighted by Gasteiger charge is 2.29. The van der Waals surface area contributed by atoms with Gasteiger partial charge in [-0.15, -0.1) is 0 Å². The average molecular weight is 396 g/mol. The summed E-state index contributed by atoms with van der Waals surface area (Å²) in [7, 11) is 0. The first-order chi connectivity index (χ1) is 14.0. The topological polar surface area (TPSA) is 74.0 Å². The third kappa shape index (κ3) is 3.14. The monoisotopic (exact) mass is 396 g/mol. The number of piperidine rings is 1. The quantitative estimate of drug-likeness (QED) is 0.789. The first-order valence-electron chi connectivity index (χ1n) is 10.8. The number of amides is 1. The molecule has 0 aliphatic carbocycles. The zero-order valence-corrected chi connectivity index (χ0v) is 17.0. The van der Waals surface area contributed by atoms with Gasteiger partial charge in [0.05, 0.1) is 18.1 Å². The Hall–Kier alpha value is -2.34. The molecule has 154 valence electrons. The Morgan fingerprint density at radius 1 is 1.17 bits per heavy atom. The molecule has 3 aliphatic heterocycles. The summed E-state index contributed by atoms with van der Waals surface area (Å²) in [5, 5.41) is 10.7. The number of nitrogens with zero attached hydrogens (tertiary/aromatic N) is 2. The smallest absolute Gasteiger partial charge is 0.340 e. The number of hydrogen-bond donors (Lipinski definition) is 1. The largest absolute Gasteiger partial charge is 0.422 e. The van der Waals surface area contributed by atoms with Gasteiger partial charge in [0.1, 0.15) is 5.58 Å². The first-order valence-corrected chi connectivity index (χ1v) is 10.8. The highest BCUT2D eigenvalue weighted by molar-refractivity contribution is 5.92. The number of hydrogen-bond acceptors (Lipinski definition) is 5. The SMILES string of the molecule is Cc1c(CC(=O)N2CCC(O)CC2)c(=O)oc2c3c4c(cc12)CCCN4CCC3. The molecule has 0 atom stereocenters. The molecule has 0 bridgehead atoms. The van der Waals surface area contributed by atoms with Crippen LogP contribution in [0.4, 0.5) is 5.69 Å². The molecule has 0 spiro atoms. The number of carbonyl (C=O) groups excluding carboxylic acids is 1. The van der Waals surface area contributed by atoms with E-state index in [1.807, 2.05) is 6.92 Å². The van der Waals surface area contributed by atoms with Crippen molar-refractivity contribution >= 4 is 22.6 Å². The van der Waals surface area contributed by atoms with E-state index >= 15 is 0 Å². The third-order valence-corrected chi connectivity index (χ3v) is 6.92. The van der Waals surface area contributed by atoms with Gasteiger partial charge in [0.25, 0.3) is 0 Å². The summed E-state index contributed by atoms with van der Waals surface area (Å²) in [6.07, 6.45) is 5.17. The summed E-state index contributed by atoms with van der Waals surface area (Å²) in [6.45, 7) is 5.19. The Bertz CT molecular complexity index is 1030. The maximum Gasteiger partial charge on any atom is 0.340 e. The second-order valence-corrected chi connectivity index (χ2v) is 8.72. The van der Waals surface area contributed by atoms with Gasteiger partial charge in [-0.2, -0.15) is 0 Å². The average Bonchev–Trinajstić information content (AvgIpc) is 2.73. The molecule has 6 heteroatoms. The lowest BCUT2D eigenvalue weighted by Gasteiger charge is -2.37. The Labute approximate surface area is 170 Å². The molecule has 0 saturated carbocycles. The fourth-order valence-corrected chi connectivity index (χ4v) is 5.28. The molecule has 1 N–H and O–H groups in total. The van der Waals surface area contributed by atoms with Crippen LogP contribution in [-0.4, -0.2) is 48.2 Å². The van der Waals surface area contributed by atoms with Crippen LogP contribution in [0.1, 0.15) is 47.9 Å². The van der Waals surface area contributed by atoms with E-state index < -0.39 is 0 Å². The van der Waals surface area contributed by atoms with Crippen molar-refractivity contribution in [1.29, 1.82) is 0 Å². The second kappa shape index (κ2) is 7.17. The molecule has 0 unspecified atom stereocenters. The van der Waals surface area contributed by atoms with E-state index in [9.17, 15) is 14.7 Å². The van der Waals surface area contributed by atoms with E-state index in [0.717, 1.165) is 55.3 Å². The summed E-state index contributed by atoms with van der Waals surface area (Å²) in [5.41, 5.74) is 5.49. The molecule has 1 fully saturated rings. The van der Waals surface area contributed by atoms with Crippen molar-refractivity contribution in [3.8, 4) is 0 Å². The van der Waals surface area contributed by atoms with Crippen molar-refractivity contribution in [3.63, 3.8) is 0 Å². The van der Waals surface area contributed by atoms with Crippen molar-refractivity contribution < 1.29 is 14.3 Å². The van der Waals surface area contributed by atoms with Crippen molar-refractivity contribution in [2.24, 2.45) is 0 Å². The van der Waals surface area contributed by atoms with E-state index in [-0.39, 0.29) is 24.1 Å². The summed E-state index contributed by atoms with van der Waals surface area (Å²) in [5.74, 6) is -0.0582. The number of aryl methyl sites for hydroxylation is 3. The van der Waals surface area contributed by atoms with Crippen molar-refractivity contribution in [3.05, 3.63) is 38.7 Å². The summed E-state index contributed by atoms with van der Waals surface area (Å²) < 4.78 is 5.86. The number of aliphatic hydroxyl groups is 1. The predicted octanol–water partition coefficient (Wildman–Crippen LogP) is 2.33. The lowest BCUT2D eigenvalue weighted by Crippen LogP contribution is -2.41. The molecule has 4 heterocycles. The third-order valence-electron chi connectivity index (χ3n) is 6.92. The van der Waals surface area contributed by atoms with Gasteiger partial charge in [0.2, 0.25) is 5.91 Å². The number of carbonyl (C=O) groups is 1. The molecule has 1 aromatic heterocycles. The molecule has 1 amide bonds. The number of likely N-dealkylation sites (tertiary alicyclic amines) is 1.